The second-order valence-corrected chi connectivity index (χ2v) is 9.56. The monoisotopic (exact) mass is 150 g/mol. The molecule has 0 amide bonds. The molecule has 1 unspecified atom stereocenters. The largest absolute Gasteiger partial charge is 0.127 e. The Morgan fingerprint density at radius 2 is 1.75 bits per heavy atom. The van der Waals surface area contributed by atoms with E-state index < -0.39 is 8.07 Å². The molecule has 0 aliphatic heterocycles. The summed E-state index contributed by atoms with van der Waals surface area (Å²) >= 11 is 6.00. The molecule has 0 heterocycles. The third-order valence-corrected chi connectivity index (χ3v) is 5.86. The van der Waals surface area contributed by atoms with Gasteiger partial charge in [0, 0.05) is 5.00 Å². The van der Waals surface area contributed by atoms with E-state index in [1.807, 2.05) is 0 Å². The molecular weight excluding hydrogens is 136 g/mol. The Morgan fingerprint density at radius 1 is 1.38 bits per heavy atom. The number of hydrogen-bond donors (Lipinski definition) is 0. The van der Waals surface area contributed by atoms with Crippen molar-refractivity contribution in [3.63, 3.8) is 0 Å². The molecule has 0 bridgehead atoms. The molecule has 0 radical (unpaired) electrons. The highest BCUT2D eigenvalue weighted by Crippen LogP contribution is 2.16. The normalized spacial score (nSPS) is 16.1. The van der Waals surface area contributed by atoms with Crippen LogP contribution in [-0.2, 0) is 0 Å². The van der Waals surface area contributed by atoms with Crippen LogP contribution in [0.2, 0.25) is 19.6 Å². The Hall–Kier alpha value is 0.507. The lowest BCUT2D eigenvalue weighted by molar-refractivity contribution is 1.000. The van der Waals surface area contributed by atoms with Gasteiger partial charge < -0.3 is 0 Å². The minimum atomic E-state index is -0.995. The molecule has 0 spiro atoms. The molecule has 0 saturated carbocycles. The minimum Gasteiger partial charge on any atom is -0.127 e. The predicted molar refractivity (Wildman–Crippen MR) is 43.3 cm³/mol. The quantitative estimate of drug-likeness (QED) is 0.420. The van der Waals surface area contributed by atoms with Gasteiger partial charge in [0.1, 0.15) is 0 Å². The average Bonchev–Trinajstić information content (AvgIpc) is 1.62. The Morgan fingerprint density at radius 3 is 1.75 bits per heavy atom. The topological polar surface area (TPSA) is 0 Å². The van der Waals surface area contributed by atoms with Gasteiger partial charge in [-0.3, -0.25) is 0 Å². The maximum Gasteiger partial charge on any atom is 0.0648 e. The van der Waals surface area contributed by atoms with Gasteiger partial charge in [-0.25, -0.2) is 0 Å². The fraction of sp³-hybridized carbons (Fsp3) is 1.00. The van der Waals surface area contributed by atoms with Crippen molar-refractivity contribution in [2.45, 2.75) is 38.0 Å². The van der Waals surface area contributed by atoms with Crippen LogP contribution in [0.5, 0.6) is 0 Å². The Labute approximate surface area is 58.2 Å². The first-order valence-corrected chi connectivity index (χ1v) is 7.14. The van der Waals surface area contributed by atoms with Crippen molar-refractivity contribution < 1.29 is 0 Å². The zero-order valence-electron chi connectivity index (χ0n) is 6.16. The van der Waals surface area contributed by atoms with Gasteiger partial charge in [-0.15, -0.1) is 11.6 Å². The van der Waals surface area contributed by atoms with Gasteiger partial charge in [-0.1, -0.05) is 26.6 Å². The number of rotatable bonds is 2. The van der Waals surface area contributed by atoms with E-state index in [9.17, 15) is 0 Å². The van der Waals surface area contributed by atoms with E-state index in [1.54, 1.807) is 0 Å². The highest BCUT2D eigenvalue weighted by atomic mass is 35.5. The number of halogens is 1. The zero-order chi connectivity index (χ0) is 6.78. The molecule has 0 aliphatic carbocycles. The summed E-state index contributed by atoms with van der Waals surface area (Å²) in [6.07, 6.45) is 1.12. The van der Waals surface area contributed by atoms with Gasteiger partial charge in [0.05, 0.1) is 8.07 Å². The molecule has 0 N–H and O–H groups in total. The molecular formula is C6H15ClSi. The van der Waals surface area contributed by atoms with Crippen LogP contribution in [0.1, 0.15) is 13.3 Å². The molecule has 50 valence electrons. The molecule has 0 saturated heterocycles. The Kier molecular flexibility index (Phi) is 3.06. The molecule has 8 heavy (non-hydrogen) atoms. The van der Waals surface area contributed by atoms with Crippen molar-refractivity contribution in [3.8, 4) is 0 Å². The third kappa shape index (κ3) is 2.73. The van der Waals surface area contributed by atoms with E-state index in [-0.39, 0.29) is 0 Å². The minimum absolute atomic E-state index is 0.461. The van der Waals surface area contributed by atoms with Crippen molar-refractivity contribution in [2.24, 2.45) is 0 Å². The van der Waals surface area contributed by atoms with Gasteiger partial charge in [0.15, 0.2) is 0 Å². The molecule has 0 aromatic rings. The standard InChI is InChI=1S/C6H15ClSi/c1-5-6(7)8(2,3)4/h6H,5H2,1-4H3. The van der Waals surface area contributed by atoms with Gasteiger partial charge in [-0.2, -0.15) is 0 Å². The van der Waals surface area contributed by atoms with Crippen molar-refractivity contribution >= 4 is 19.7 Å². The first kappa shape index (κ1) is 8.51. The summed E-state index contributed by atoms with van der Waals surface area (Å²) in [5.41, 5.74) is 0. The van der Waals surface area contributed by atoms with E-state index >= 15 is 0 Å². The van der Waals surface area contributed by atoms with E-state index in [0.717, 1.165) is 6.42 Å². The predicted octanol–water partition coefficient (Wildman–Crippen LogP) is 2.88. The SMILES string of the molecule is CCC(Cl)[Si](C)(C)C. The van der Waals surface area contributed by atoms with Gasteiger partial charge in [0.2, 0.25) is 0 Å². The maximum atomic E-state index is 6.00. The molecule has 0 nitrogen and oxygen atoms in total. The van der Waals surface area contributed by atoms with E-state index in [4.69, 9.17) is 11.6 Å². The summed E-state index contributed by atoms with van der Waals surface area (Å²) in [5, 5.41) is 0.461. The lowest BCUT2D eigenvalue weighted by Gasteiger charge is -2.20. The van der Waals surface area contributed by atoms with Crippen LogP contribution in [0, 0.1) is 0 Å². The van der Waals surface area contributed by atoms with Crippen molar-refractivity contribution in [1.82, 2.24) is 0 Å². The highest BCUT2D eigenvalue weighted by Gasteiger charge is 2.21. The van der Waals surface area contributed by atoms with E-state index in [0.29, 0.717) is 5.00 Å². The van der Waals surface area contributed by atoms with Crippen LogP contribution >= 0.6 is 11.6 Å². The van der Waals surface area contributed by atoms with Gasteiger partial charge in [-0.05, 0) is 6.42 Å². The fourth-order valence-electron chi connectivity index (χ4n) is 0.612. The maximum absolute atomic E-state index is 6.00. The van der Waals surface area contributed by atoms with Crippen molar-refractivity contribution in [1.29, 1.82) is 0 Å². The van der Waals surface area contributed by atoms with Gasteiger partial charge >= 0.3 is 0 Å². The van der Waals surface area contributed by atoms with Crippen LogP contribution in [-0.4, -0.2) is 13.1 Å². The van der Waals surface area contributed by atoms with Crippen LogP contribution in [0.25, 0.3) is 0 Å². The lowest BCUT2D eigenvalue weighted by Crippen LogP contribution is -2.33. The summed E-state index contributed by atoms with van der Waals surface area (Å²) in [6.45, 7) is 9.05. The Bertz CT molecular complexity index is 65.4. The molecule has 0 rings (SSSR count). The molecule has 2 heteroatoms. The van der Waals surface area contributed by atoms with E-state index in [2.05, 4.69) is 26.6 Å². The van der Waals surface area contributed by atoms with Crippen LogP contribution < -0.4 is 0 Å². The highest BCUT2D eigenvalue weighted by molar-refractivity contribution is 6.83. The van der Waals surface area contributed by atoms with Crippen molar-refractivity contribution in [2.75, 3.05) is 0 Å². The first-order valence-electron chi connectivity index (χ1n) is 3.12. The first-order chi connectivity index (χ1) is 3.48. The van der Waals surface area contributed by atoms with Crippen LogP contribution in [0.15, 0.2) is 0 Å². The smallest absolute Gasteiger partial charge is 0.0648 e. The molecule has 0 aromatic heterocycles. The molecule has 1 atom stereocenters. The molecule has 0 aromatic carbocycles. The average molecular weight is 151 g/mol. The summed E-state index contributed by atoms with van der Waals surface area (Å²) in [7, 11) is -0.995. The summed E-state index contributed by atoms with van der Waals surface area (Å²) in [4.78, 5) is 0. The van der Waals surface area contributed by atoms with Crippen LogP contribution in [0.4, 0.5) is 0 Å². The van der Waals surface area contributed by atoms with Crippen molar-refractivity contribution in [3.05, 3.63) is 0 Å². The summed E-state index contributed by atoms with van der Waals surface area (Å²) in [5.74, 6) is 0. The van der Waals surface area contributed by atoms with E-state index in [1.165, 1.54) is 0 Å². The summed E-state index contributed by atoms with van der Waals surface area (Å²) in [6, 6.07) is 0. The second-order valence-electron chi connectivity index (χ2n) is 3.24. The number of alkyl halides is 1. The molecule has 0 aliphatic rings. The molecule has 0 fully saturated rings. The summed E-state index contributed by atoms with van der Waals surface area (Å²) < 4.78 is 0. The second kappa shape index (κ2) is 2.88. The number of hydrogen-bond acceptors (Lipinski definition) is 0. The van der Waals surface area contributed by atoms with Crippen LogP contribution in [0.3, 0.4) is 0 Å². The van der Waals surface area contributed by atoms with Gasteiger partial charge in [0.25, 0.3) is 0 Å². The lowest BCUT2D eigenvalue weighted by atomic mass is 10.6. The fourth-order valence-corrected chi connectivity index (χ4v) is 1.84. The zero-order valence-corrected chi connectivity index (χ0v) is 7.92. The Balaban J connectivity index is 3.62. The third-order valence-electron chi connectivity index (χ3n) is 1.30.